The Morgan fingerprint density at radius 1 is 1.14 bits per heavy atom. The van der Waals surface area contributed by atoms with Gasteiger partial charge in [-0.15, -0.1) is 0 Å². The molecule has 0 fully saturated rings. The number of benzene rings is 2. The number of anilines is 1. The lowest BCUT2D eigenvalue weighted by molar-refractivity contribution is -0.856. The quantitative estimate of drug-likeness (QED) is 0.693. The maximum Gasteiger partial charge on any atom is 0.260 e. The Bertz CT molecular complexity index is 1060. The summed E-state index contributed by atoms with van der Waals surface area (Å²) in [4.78, 5) is 20.5. The van der Waals surface area contributed by atoms with Crippen LogP contribution in [0.5, 0.6) is 0 Å². The van der Waals surface area contributed by atoms with Crippen LogP contribution in [0.3, 0.4) is 0 Å². The van der Waals surface area contributed by atoms with Crippen molar-refractivity contribution in [1.29, 1.82) is 0 Å². The van der Waals surface area contributed by atoms with Gasteiger partial charge in [0.05, 0.1) is 31.9 Å². The third-order valence-electron chi connectivity index (χ3n) is 5.31. The molecule has 7 heteroatoms. The minimum Gasteiger partial charge on any atom is -0.338 e. The summed E-state index contributed by atoms with van der Waals surface area (Å²) in [5.41, 5.74) is 3.27. The fourth-order valence-corrected chi connectivity index (χ4v) is 4.73. The molecule has 0 saturated carbocycles. The van der Waals surface area contributed by atoms with Crippen molar-refractivity contribution in [2.75, 3.05) is 32.1 Å². The number of hydrogen-bond donors (Lipinski definition) is 1. The number of carbonyl (C=O) groups is 1. The Hall–Kier alpha value is -2.38. The second kappa shape index (κ2) is 8.16. The Balaban J connectivity index is 1.72. The molecular formula is C22H24F2N3OS+. The lowest BCUT2D eigenvalue weighted by Gasteiger charge is -2.22. The summed E-state index contributed by atoms with van der Waals surface area (Å²) >= 11 is 1.14. The van der Waals surface area contributed by atoms with Crippen LogP contribution in [-0.2, 0) is 12.8 Å². The molecule has 0 spiro atoms. The van der Waals surface area contributed by atoms with Crippen LogP contribution in [0, 0.1) is 11.6 Å². The van der Waals surface area contributed by atoms with Crippen molar-refractivity contribution >= 4 is 32.6 Å². The van der Waals surface area contributed by atoms with Gasteiger partial charge in [-0.1, -0.05) is 17.4 Å². The van der Waals surface area contributed by atoms with Gasteiger partial charge in [0.1, 0.15) is 11.3 Å². The van der Waals surface area contributed by atoms with E-state index >= 15 is 0 Å². The lowest BCUT2D eigenvalue weighted by Crippen LogP contribution is -3.06. The van der Waals surface area contributed by atoms with E-state index in [1.165, 1.54) is 28.5 Å². The minimum absolute atomic E-state index is 0.104. The summed E-state index contributed by atoms with van der Waals surface area (Å²) in [7, 11) is 4.02. The van der Waals surface area contributed by atoms with Crippen LogP contribution in [0.2, 0.25) is 0 Å². The normalized spacial score (nSPS) is 13.7. The summed E-state index contributed by atoms with van der Waals surface area (Å²) in [6.07, 6.45) is 4.37. The molecule has 1 aliphatic rings. The lowest BCUT2D eigenvalue weighted by atomic mass is 9.90. The standard InChI is InChI=1S/C22H23F2N3OS/c1-26(2)9-10-27(22-25-20-18(24)12-17(23)13-19(20)29-22)21(28)16-8-7-14-5-3-4-6-15(14)11-16/h7-8,11-13H,3-6,9-10H2,1-2H3/p+1. The third kappa shape index (κ3) is 4.16. The van der Waals surface area contributed by atoms with Gasteiger partial charge in [0.25, 0.3) is 5.91 Å². The van der Waals surface area contributed by atoms with Crippen LogP contribution < -0.4 is 9.80 Å². The molecule has 0 saturated heterocycles. The van der Waals surface area contributed by atoms with E-state index in [9.17, 15) is 13.6 Å². The minimum atomic E-state index is -0.707. The van der Waals surface area contributed by atoms with E-state index in [0.717, 1.165) is 36.7 Å². The first-order chi connectivity index (χ1) is 13.9. The monoisotopic (exact) mass is 416 g/mol. The maximum atomic E-state index is 14.1. The van der Waals surface area contributed by atoms with Crippen LogP contribution >= 0.6 is 11.3 Å². The Morgan fingerprint density at radius 2 is 1.90 bits per heavy atom. The van der Waals surface area contributed by atoms with E-state index in [1.807, 2.05) is 32.3 Å². The molecule has 0 radical (unpaired) electrons. The van der Waals surface area contributed by atoms with Gasteiger partial charge in [0.15, 0.2) is 10.9 Å². The molecule has 1 aliphatic carbocycles. The van der Waals surface area contributed by atoms with Gasteiger partial charge in [-0.2, -0.15) is 0 Å². The molecule has 1 N–H and O–H groups in total. The van der Waals surface area contributed by atoms with Gasteiger partial charge in [-0.05, 0) is 55.0 Å². The second-order valence-electron chi connectivity index (χ2n) is 7.84. The molecule has 0 unspecified atom stereocenters. The molecule has 4 nitrogen and oxygen atoms in total. The Kier molecular flexibility index (Phi) is 5.61. The molecule has 152 valence electrons. The van der Waals surface area contributed by atoms with E-state index in [2.05, 4.69) is 4.98 Å². The summed E-state index contributed by atoms with van der Waals surface area (Å²) in [6, 6.07) is 7.99. The van der Waals surface area contributed by atoms with E-state index < -0.39 is 11.6 Å². The highest BCUT2D eigenvalue weighted by Crippen LogP contribution is 2.32. The molecule has 2 aromatic carbocycles. The first-order valence-electron chi connectivity index (χ1n) is 9.90. The Labute approximate surface area is 172 Å². The zero-order chi connectivity index (χ0) is 20.5. The van der Waals surface area contributed by atoms with E-state index in [0.29, 0.717) is 28.5 Å². The van der Waals surface area contributed by atoms with Gasteiger partial charge in [-0.25, -0.2) is 13.8 Å². The SMILES string of the molecule is C[NH+](C)CCN(C(=O)c1ccc2c(c1)CCCC2)c1nc2c(F)cc(F)cc2s1. The molecule has 1 aromatic heterocycles. The zero-order valence-corrected chi connectivity index (χ0v) is 17.4. The number of likely N-dealkylation sites (N-methyl/N-ethyl adjacent to an activating group) is 1. The van der Waals surface area contributed by atoms with E-state index in [4.69, 9.17) is 0 Å². The number of carbonyl (C=O) groups excluding carboxylic acids is 1. The first kappa shape index (κ1) is 19.9. The number of quaternary nitrogens is 1. The van der Waals surface area contributed by atoms with E-state index in [-0.39, 0.29) is 11.4 Å². The number of halogens is 2. The highest BCUT2D eigenvalue weighted by atomic mass is 32.1. The number of nitrogens with one attached hydrogen (secondary N) is 1. The molecule has 0 atom stereocenters. The van der Waals surface area contributed by atoms with Gasteiger partial charge < -0.3 is 4.90 Å². The van der Waals surface area contributed by atoms with E-state index in [1.54, 1.807) is 4.90 Å². The maximum absolute atomic E-state index is 14.1. The molecule has 0 bridgehead atoms. The second-order valence-corrected chi connectivity index (χ2v) is 8.84. The predicted molar refractivity (Wildman–Crippen MR) is 112 cm³/mol. The fourth-order valence-electron chi connectivity index (χ4n) is 3.70. The molecular weight excluding hydrogens is 392 g/mol. The Morgan fingerprint density at radius 3 is 2.66 bits per heavy atom. The fraction of sp³-hybridized carbons (Fsp3) is 0.364. The van der Waals surface area contributed by atoms with Gasteiger partial charge in [0.2, 0.25) is 0 Å². The highest BCUT2D eigenvalue weighted by molar-refractivity contribution is 7.22. The first-order valence-corrected chi connectivity index (χ1v) is 10.7. The van der Waals surface area contributed by atoms with Crippen molar-refractivity contribution in [1.82, 2.24) is 4.98 Å². The molecule has 3 aromatic rings. The number of amides is 1. The highest BCUT2D eigenvalue weighted by Gasteiger charge is 2.24. The van der Waals surface area contributed by atoms with Crippen molar-refractivity contribution < 1.29 is 18.5 Å². The van der Waals surface area contributed by atoms with Crippen molar-refractivity contribution in [3.63, 3.8) is 0 Å². The van der Waals surface area contributed by atoms with Crippen molar-refractivity contribution in [3.8, 4) is 0 Å². The number of nitrogens with zero attached hydrogens (tertiary/aromatic N) is 2. The van der Waals surface area contributed by atoms with Gasteiger partial charge in [-0.3, -0.25) is 9.69 Å². The molecule has 29 heavy (non-hydrogen) atoms. The van der Waals surface area contributed by atoms with Crippen molar-refractivity contribution in [2.45, 2.75) is 25.7 Å². The number of aromatic nitrogens is 1. The predicted octanol–water partition coefficient (Wildman–Crippen LogP) is 3.24. The number of fused-ring (bicyclic) bond motifs is 2. The van der Waals surface area contributed by atoms with Crippen LogP contribution in [0.25, 0.3) is 10.2 Å². The number of aryl methyl sites for hydroxylation is 2. The van der Waals surface area contributed by atoms with Crippen molar-refractivity contribution in [2.24, 2.45) is 0 Å². The van der Waals surface area contributed by atoms with Crippen LogP contribution in [-0.4, -0.2) is 38.1 Å². The molecule has 1 amide bonds. The number of thiazole rings is 1. The third-order valence-corrected chi connectivity index (χ3v) is 6.33. The summed E-state index contributed by atoms with van der Waals surface area (Å²) in [5.74, 6) is -1.50. The molecule has 4 rings (SSSR count). The summed E-state index contributed by atoms with van der Waals surface area (Å²) < 4.78 is 28.1. The molecule has 1 heterocycles. The summed E-state index contributed by atoms with van der Waals surface area (Å²) in [6.45, 7) is 1.16. The van der Waals surface area contributed by atoms with Gasteiger partial charge >= 0.3 is 0 Å². The average molecular weight is 417 g/mol. The number of rotatable bonds is 5. The van der Waals surface area contributed by atoms with Crippen LogP contribution in [0.15, 0.2) is 30.3 Å². The van der Waals surface area contributed by atoms with Crippen LogP contribution in [0.1, 0.15) is 34.3 Å². The van der Waals surface area contributed by atoms with Crippen LogP contribution in [0.4, 0.5) is 13.9 Å². The average Bonchev–Trinajstić information content (AvgIpc) is 3.11. The zero-order valence-electron chi connectivity index (χ0n) is 16.6. The topological polar surface area (TPSA) is 37.6 Å². The number of hydrogen-bond acceptors (Lipinski definition) is 3. The van der Waals surface area contributed by atoms with Gasteiger partial charge in [0, 0.05) is 11.6 Å². The molecule has 0 aliphatic heterocycles. The van der Waals surface area contributed by atoms with Crippen molar-refractivity contribution in [3.05, 3.63) is 58.7 Å². The smallest absolute Gasteiger partial charge is 0.260 e. The summed E-state index contributed by atoms with van der Waals surface area (Å²) in [5, 5.41) is 0.397. The largest absolute Gasteiger partial charge is 0.338 e.